The van der Waals surface area contributed by atoms with E-state index in [-0.39, 0.29) is 5.78 Å². The van der Waals surface area contributed by atoms with Gasteiger partial charge in [-0.05, 0) is 36.3 Å². The molecule has 0 aliphatic carbocycles. The number of benzene rings is 2. The van der Waals surface area contributed by atoms with Crippen molar-refractivity contribution in [1.82, 2.24) is 4.90 Å². The smallest absolute Gasteiger partial charge is 0.328 e. The zero-order valence-electron chi connectivity index (χ0n) is 16.5. The van der Waals surface area contributed by atoms with Crippen LogP contribution in [0.5, 0.6) is 5.75 Å². The highest BCUT2D eigenvalue weighted by Gasteiger charge is 2.43. The van der Waals surface area contributed by atoms with E-state index in [0.717, 1.165) is 32.0 Å². The molecule has 0 bridgehead atoms. The van der Waals surface area contributed by atoms with Gasteiger partial charge in [-0.3, -0.25) is 9.69 Å². The standard InChI is InChI=1S/C24H25NO4/c1-17(19-5-3-2-4-6-19)25-13-11-24(12-14-25)16-21(26)20-15-18(8-10-23(27)28)7-9-22(20)29-24/h2-10,15,17H,11-14,16H2,1H3,(H,27,28). The Kier molecular flexibility index (Phi) is 5.24. The highest BCUT2D eigenvalue weighted by atomic mass is 16.5. The van der Waals surface area contributed by atoms with Gasteiger partial charge < -0.3 is 9.84 Å². The Morgan fingerprint density at radius 2 is 1.90 bits per heavy atom. The maximum absolute atomic E-state index is 12.9. The summed E-state index contributed by atoms with van der Waals surface area (Å²) >= 11 is 0. The SMILES string of the molecule is CC(c1ccccc1)N1CCC2(CC1)CC(=O)c1cc(C=CC(=O)O)ccc1O2. The van der Waals surface area contributed by atoms with Gasteiger partial charge in [0.1, 0.15) is 11.4 Å². The molecule has 4 rings (SSSR count). The molecule has 0 saturated carbocycles. The summed E-state index contributed by atoms with van der Waals surface area (Å²) in [7, 11) is 0. The number of carbonyl (C=O) groups is 2. The first-order valence-electron chi connectivity index (χ1n) is 10.0. The lowest BCUT2D eigenvalue weighted by molar-refractivity contribution is -0.131. The van der Waals surface area contributed by atoms with E-state index >= 15 is 0 Å². The molecule has 5 nitrogen and oxygen atoms in total. The van der Waals surface area contributed by atoms with E-state index in [1.165, 1.54) is 11.6 Å². The van der Waals surface area contributed by atoms with Gasteiger partial charge in [0, 0.05) is 38.0 Å². The van der Waals surface area contributed by atoms with E-state index in [0.29, 0.717) is 29.3 Å². The molecule has 1 spiro atoms. The van der Waals surface area contributed by atoms with E-state index in [9.17, 15) is 9.59 Å². The number of piperidine rings is 1. The first-order valence-corrected chi connectivity index (χ1v) is 10.0. The van der Waals surface area contributed by atoms with E-state index in [1.807, 2.05) is 6.07 Å². The molecule has 150 valence electrons. The summed E-state index contributed by atoms with van der Waals surface area (Å²) in [6.07, 6.45) is 4.57. The first-order chi connectivity index (χ1) is 14.0. The number of nitrogens with zero attached hydrogens (tertiary/aromatic N) is 1. The predicted molar refractivity (Wildman–Crippen MR) is 111 cm³/mol. The molecule has 2 heterocycles. The predicted octanol–water partition coefficient (Wildman–Crippen LogP) is 4.35. The van der Waals surface area contributed by atoms with E-state index in [4.69, 9.17) is 9.84 Å². The van der Waals surface area contributed by atoms with Crippen molar-refractivity contribution in [2.45, 2.75) is 37.8 Å². The number of aliphatic carboxylic acids is 1. The van der Waals surface area contributed by atoms with Gasteiger partial charge in [0.15, 0.2) is 5.78 Å². The number of carbonyl (C=O) groups excluding carboxylic acids is 1. The molecule has 1 fully saturated rings. The van der Waals surface area contributed by atoms with Gasteiger partial charge in [-0.2, -0.15) is 0 Å². The molecule has 5 heteroatoms. The Labute approximate surface area is 170 Å². The fraction of sp³-hybridized carbons (Fsp3) is 0.333. The molecule has 2 aliphatic rings. The summed E-state index contributed by atoms with van der Waals surface area (Å²) in [5.41, 5.74) is 2.10. The number of likely N-dealkylation sites (tertiary alicyclic amines) is 1. The van der Waals surface area contributed by atoms with Gasteiger partial charge in [0.25, 0.3) is 0 Å². The van der Waals surface area contributed by atoms with Crippen molar-refractivity contribution >= 4 is 17.8 Å². The zero-order valence-corrected chi connectivity index (χ0v) is 16.5. The molecule has 1 saturated heterocycles. The molecule has 0 aromatic heterocycles. The number of ketones is 1. The van der Waals surface area contributed by atoms with Gasteiger partial charge in [-0.1, -0.05) is 36.4 Å². The molecular weight excluding hydrogens is 366 g/mol. The second-order valence-corrected chi connectivity index (χ2v) is 7.93. The summed E-state index contributed by atoms with van der Waals surface area (Å²) in [6.45, 7) is 4.00. The van der Waals surface area contributed by atoms with Crippen LogP contribution in [-0.4, -0.2) is 40.4 Å². The molecule has 2 aliphatic heterocycles. The number of ether oxygens (including phenoxy) is 1. The minimum atomic E-state index is -1.01. The van der Waals surface area contributed by atoms with E-state index < -0.39 is 11.6 Å². The molecule has 0 amide bonds. The van der Waals surface area contributed by atoms with Crippen LogP contribution in [0.25, 0.3) is 6.08 Å². The fourth-order valence-electron chi connectivity index (χ4n) is 4.32. The van der Waals surface area contributed by atoms with Crippen LogP contribution in [0.15, 0.2) is 54.6 Å². The van der Waals surface area contributed by atoms with Crippen molar-refractivity contribution in [1.29, 1.82) is 0 Å². The zero-order chi connectivity index (χ0) is 20.4. The van der Waals surface area contributed by atoms with Crippen LogP contribution < -0.4 is 4.74 Å². The normalized spacial score (nSPS) is 19.7. The Bertz CT molecular complexity index is 943. The summed E-state index contributed by atoms with van der Waals surface area (Å²) in [5.74, 6) is -0.333. The van der Waals surface area contributed by atoms with Crippen LogP contribution in [0.2, 0.25) is 0 Å². The van der Waals surface area contributed by atoms with Crippen molar-refractivity contribution in [3.05, 3.63) is 71.3 Å². The number of hydrogen-bond acceptors (Lipinski definition) is 4. The third kappa shape index (κ3) is 4.10. The first kappa shape index (κ1) is 19.4. The molecule has 1 unspecified atom stereocenters. The maximum Gasteiger partial charge on any atom is 0.328 e. The minimum absolute atomic E-state index is 0.0707. The van der Waals surface area contributed by atoms with Crippen LogP contribution in [0, 0.1) is 0 Å². The molecule has 2 aromatic carbocycles. The average molecular weight is 391 g/mol. The summed E-state index contributed by atoms with van der Waals surface area (Å²) in [5, 5.41) is 8.78. The second kappa shape index (κ2) is 7.84. The van der Waals surface area contributed by atoms with Crippen molar-refractivity contribution in [3.8, 4) is 5.75 Å². The van der Waals surface area contributed by atoms with Gasteiger partial charge in [-0.25, -0.2) is 4.79 Å². The second-order valence-electron chi connectivity index (χ2n) is 7.93. The Morgan fingerprint density at radius 3 is 2.59 bits per heavy atom. The lowest BCUT2D eigenvalue weighted by atomic mass is 9.81. The van der Waals surface area contributed by atoms with E-state index in [1.54, 1.807) is 18.2 Å². The highest BCUT2D eigenvalue weighted by molar-refractivity contribution is 6.01. The number of carboxylic acid groups (broad SMARTS) is 1. The lowest BCUT2D eigenvalue weighted by Gasteiger charge is -2.45. The van der Waals surface area contributed by atoms with Gasteiger partial charge in [0.05, 0.1) is 12.0 Å². The van der Waals surface area contributed by atoms with Crippen molar-refractivity contribution < 1.29 is 19.4 Å². The molecule has 1 N–H and O–H groups in total. The molecule has 1 atom stereocenters. The van der Waals surface area contributed by atoms with Crippen LogP contribution in [-0.2, 0) is 4.79 Å². The Morgan fingerprint density at radius 1 is 1.17 bits per heavy atom. The summed E-state index contributed by atoms with van der Waals surface area (Å²) in [4.78, 5) is 26.0. The molecular formula is C24H25NO4. The van der Waals surface area contributed by atoms with Crippen LogP contribution in [0.4, 0.5) is 0 Å². The Balaban J connectivity index is 1.47. The van der Waals surface area contributed by atoms with Crippen LogP contribution in [0.1, 0.15) is 53.7 Å². The number of fused-ring (bicyclic) bond motifs is 1. The van der Waals surface area contributed by atoms with Crippen molar-refractivity contribution in [3.63, 3.8) is 0 Å². The number of Topliss-reactive ketones (excluding diaryl/α,β-unsaturated/α-hetero) is 1. The molecule has 2 aromatic rings. The van der Waals surface area contributed by atoms with Gasteiger partial charge in [0.2, 0.25) is 0 Å². The van der Waals surface area contributed by atoms with E-state index in [2.05, 4.69) is 36.1 Å². The van der Waals surface area contributed by atoms with Gasteiger partial charge in [-0.15, -0.1) is 0 Å². The van der Waals surface area contributed by atoms with Crippen molar-refractivity contribution in [2.75, 3.05) is 13.1 Å². The quantitative estimate of drug-likeness (QED) is 0.785. The third-order valence-corrected chi connectivity index (χ3v) is 6.07. The topological polar surface area (TPSA) is 66.8 Å². The van der Waals surface area contributed by atoms with Gasteiger partial charge >= 0.3 is 5.97 Å². The van der Waals surface area contributed by atoms with Crippen LogP contribution >= 0.6 is 0 Å². The van der Waals surface area contributed by atoms with Crippen molar-refractivity contribution in [2.24, 2.45) is 0 Å². The Hall–Kier alpha value is -2.92. The minimum Gasteiger partial charge on any atom is -0.486 e. The number of rotatable bonds is 4. The number of hydrogen-bond donors (Lipinski definition) is 1. The average Bonchev–Trinajstić information content (AvgIpc) is 2.73. The fourth-order valence-corrected chi connectivity index (χ4v) is 4.32. The largest absolute Gasteiger partial charge is 0.486 e. The summed E-state index contributed by atoms with van der Waals surface area (Å²) in [6, 6.07) is 16.1. The number of carboxylic acids is 1. The molecule has 0 radical (unpaired) electrons. The summed E-state index contributed by atoms with van der Waals surface area (Å²) < 4.78 is 6.36. The monoisotopic (exact) mass is 391 g/mol. The third-order valence-electron chi connectivity index (χ3n) is 6.07. The maximum atomic E-state index is 12.9. The molecule has 29 heavy (non-hydrogen) atoms. The van der Waals surface area contributed by atoms with Crippen LogP contribution in [0.3, 0.4) is 0 Å². The highest BCUT2D eigenvalue weighted by Crippen LogP contribution is 2.41. The lowest BCUT2D eigenvalue weighted by Crippen LogP contribution is -2.51.